The Kier molecular flexibility index (Phi) is 5.67. The summed E-state index contributed by atoms with van der Waals surface area (Å²) >= 11 is 1.23. The number of hydrogen-bond donors (Lipinski definition) is 1. The number of rotatable bonds is 4. The predicted molar refractivity (Wildman–Crippen MR) is 93.8 cm³/mol. The van der Waals surface area contributed by atoms with Gasteiger partial charge in [0.25, 0.3) is 5.91 Å². The van der Waals surface area contributed by atoms with Gasteiger partial charge in [0.2, 0.25) is 0 Å². The number of methoxy groups -OCH3 is 1. The van der Waals surface area contributed by atoms with E-state index in [1.807, 2.05) is 13.0 Å². The Morgan fingerprint density at radius 2 is 1.92 bits per heavy atom. The Morgan fingerprint density at radius 1 is 1.28 bits per heavy atom. The summed E-state index contributed by atoms with van der Waals surface area (Å²) < 4.78 is 17.7. The Bertz CT molecular complexity index is 892. The molecule has 1 aromatic carbocycles. The first-order chi connectivity index (χ1) is 11.9. The quantitative estimate of drug-likeness (QED) is 0.512. The number of benzene rings is 1. The number of ether oxygens (including phenoxy) is 1. The number of nitrogens with zero attached hydrogens (tertiary/aromatic N) is 1. The summed E-state index contributed by atoms with van der Waals surface area (Å²) in [5.74, 6) is -1.62. The van der Waals surface area contributed by atoms with Crippen LogP contribution in [0.3, 0.4) is 0 Å². The van der Waals surface area contributed by atoms with Gasteiger partial charge in [-0.2, -0.15) is 5.26 Å². The first kappa shape index (κ1) is 18.4. The van der Waals surface area contributed by atoms with Crippen molar-refractivity contribution >= 4 is 34.3 Å². The molecule has 128 valence electrons. The van der Waals surface area contributed by atoms with Crippen molar-refractivity contribution in [2.45, 2.75) is 13.8 Å². The number of hydrogen-bond acceptors (Lipinski definition) is 5. The van der Waals surface area contributed by atoms with Crippen LogP contribution < -0.4 is 5.32 Å². The van der Waals surface area contributed by atoms with Crippen LogP contribution in [0.5, 0.6) is 0 Å². The summed E-state index contributed by atoms with van der Waals surface area (Å²) in [4.78, 5) is 25.2. The molecule has 0 spiro atoms. The van der Waals surface area contributed by atoms with Crippen molar-refractivity contribution in [3.63, 3.8) is 0 Å². The highest BCUT2D eigenvalue weighted by molar-refractivity contribution is 7.16. The topological polar surface area (TPSA) is 79.2 Å². The summed E-state index contributed by atoms with van der Waals surface area (Å²) in [5.41, 5.74) is 1.34. The van der Waals surface area contributed by atoms with Gasteiger partial charge in [0.15, 0.2) is 0 Å². The third-order valence-corrected chi connectivity index (χ3v) is 4.67. The van der Waals surface area contributed by atoms with Crippen LogP contribution in [0.1, 0.15) is 26.4 Å². The Balaban J connectivity index is 2.32. The van der Waals surface area contributed by atoms with Crippen LogP contribution in [0.2, 0.25) is 0 Å². The molecular formula is C18H15FN2O3S. The van der Waals surface area contributed by atoms with E-state index in [2.05, 4.69) is 5.32 Å². The third-order valence-electron chi connectivity index (χ3n) is 3.55. The van der Waals surface area contributed by atoms with Crippen molar-refractivity contribution in [3.05, 3.63) is 57.2 Å². The number of nitriles is 1. The van der Waals surface area contributed by atoms with Crippen molar-refractivity contribution in [1.29, 1.82) is 5.26 Å². The minimum absolute atomic E-state index is 0.161. The lowest BCUT2D eigenvalue weighted by molar-refractivity contribution is -0.112. The molecule has 25 heavy (non-hydrogen) atoms. The highest BCUT2D eigenvalue weighted by Gasteiger charge is 2.22. The highest BCUT2D eigenvalue weighted by atomic mass is 32.1. The largest absolute Gasteiger partial charge is 0.465 e. The maximum absolute atomic E-state index is 12.9. The number of amides is 1. The van der Waals surface area contributed by atoms with Gasteiger partial charge in [-0.25, -0.2) is 9.18 Å². The molecule has 0 aliphatic heterocycles. The minimum atomic E-state index is -0.654. The van der Waals surface area contributed by atoms with E-state index in [4.69, 9.17) is 4.74 Å². The van der Waals surface area contributed by atoms with E-state index in [1.165, 1.54) is 48.8 Å². The molecule has 0 fully saturated rings. The van der Waals surface area contributed by atoms with E-state index < -0.39 is 17.7 Å². The summed E-state index contributed by atoms with van der Waals surface area (Å²) in [7, 11) is 1.26. The number of carbonyl (C=O) groups is 2. The molecular weight excluding hydrogens is 343 g/mol. The van der Waals surface area contributed by atoms with Crippen LogP contribution in [0.15, 0.2) is 29.8 Å². The molecule has 0 radical (unpaired) electrons. The van der Waals surface area contributed by atoms with Crippen molar-refractivity contribution < 1.29 is 18.7 Å². The van der Waals surface area contributed by atoms with Gasteiger partial charge < -0.3 is 10.1 Å². The summed E-state index contributed by atoms with van der Waals surface area (Å²) in [5, 5.41) is 12.1. The van der Waals surface area contributed by atoms with Gasteiger partial charge in [-0.15, -0.1) is 11.3 Å². The van der Waals surface area contributed by atoms with Gasteiger partial charge >= 0.3 is 5.97 Å². The second-order valence-corrected chi connectivity index (χ2v) is 6.38. The number of anilines is 1. The van der Waals surface area contributed by atoms with Crippen molar-refractivity contribution in [1.82, 2.24) is 0 Å². The monoisotopic (exact) mass is 358 g/mol. The van der Waals surface area contributed by atoms with Gasteiger partial charge in [0, 0.05) is 4.88 Å². The maximum atomic E-state index is 12.9. The Labute approximate surface area is 148 Å². The van der Waals surface area contributed by atoms with Crippen LogP contribution in [-0.2, 0) is 9.53 Å². The number of esters is 1. The first-order valence-corrected chi connectivity index (χ1v) is 8.06. The number of carbonyl (C=O) groups excluding carboxylic acids is 2. The SMILES string of the molecule is COC(=O)c1c(NC(=O)C(C#N)=Cc2ccc(F)cc2)sc(C)c1C. The molecule has 0 aliphatic carbocycles. The molecule has 0 bridgehead atoms. The van der Waals surface area contributed by atoms with E-state index in [-0.39, 0.29) is 11.1 Å². The average Bonchev–Trinajstić information content (AvgIpc) is 2.87. The average molecular weight is 358 g/mol. The number of thiophene rings is 1. The molecule has 7 heteroatoms. The Hall–Kier alpha value is -2.98. The van der Waals surface area contributed by atoms with Crippen LogP contribution in [0, 0.1) is 31.0 Å². The molecule has 0 unspecified atom stereocenters. The third kappa shape index (κ3) is 4.11. The molecule has 1 N–H and O–H groups in total. The molecule has 2 rings (SSSR count). The van der Waals surface area contributed by atoms with E-state index in [9.17, 15) is 19.2 Å². The van der Waals surface area contributed by atoms with Gasteiger partial charge in [0.1, 0.15) is 22.5 Å². The first-order valence-electron chi connectivity index (χ1n) is 7.24. The van der Waals surface area contributed by atoms with Crippen LogP contribution in [-0.4, -0.2) is 19.0 Å². The maximum Gasteiger partial charge on any atom is 0.341 e. The van der Waals surface area contributed by atoms with Gasteiger partial charge in [-0.1, -0.05) is 12.1 Å². The molecule has 5 nitrogen and oxygen atoms in total. The molecule has 1 heterocycles. The lowest BCUT2D eigenvalue weighted by Gasteiger charge is -2.05. The lowest BCUT2D eigenvalue weighted by atomic mass is 10.1. The number of aryl methyl sites for hydroxylation is 1. The zero-order valence-corrected chi connectivity index (χ0v) is 14.7. The fraction of sp³-hybridized carbons (Fsp3) is 0.167. The summed E-state index contributed by atoms with van der Waals surface area (Å²) in [6.07, 6.45) is 1.35. The summed E-state index contributed by atoms with van der Waals surface area (Å²) in [6.45, 7) is 3.58. The lowest BCUT2D eigenvalue weighted by Crippen LogP contribution is -2.15. The van der Waals surface area contributed by atoms with E-state index >= 15 is 0 Å². The molecule has 0 saturated heterocycles. The smallest absolute Gasteiger partial charge is 0.341 e. The molecule has 2 aromatic rings. The molecule has 1 amide bonds. The Morgan fingerprint density at radius 3 is 2.48 bits per heavy atom. The zero-order chi connectivity index (χ0) is 18.6. The minimum Gasteiger partial charge on any atom is -0.465 e. The van der Waals surface area contributed by atoms with E-state index in [0.29, 0.717) is 16.1 Å². The molecule has 0 aliphatic rings. The molecule has 0 atom stereocenters. The molecule has 0 saturated carbocycles. The normalized spacial score (nSPS) is 10.9. The fourth-order valence-electron chi connectivity index (χ4n) is 2.11. The standard InChI is InChI=1S/C18H15FN2O3S/c1-10-11(2)25-17(15(10)18(23)24-3)21-16(22)13(9-20)8-12-4-6-14(19)7-5-12/h4-8H,1-3H3,(H,21,22). The van der Waals surface area contributed by atoms with Gasteiger partial charge in [0.05, 0.1) is 12.7 Å². The van der Waals surface area contributed by atoms with Crippen molar-refractivity contribution in [2.75, 3.05) is 12.4 Å². The second-order valence-electron chi connectivity index (χ2n) is 5.15. The van der Waals surface area contributed by atoms with Crippen LogP contribution in [0.25, 0.3) is 6.08 Å². The van der Waals surface area contributed by atoms with Crippen molar-refractivity contribution in [3.8, 4) is 6.07 Å². The predicted octanol–water partition coefficient (Wildman–Crippen LogP) is 3.84. The molecule has 1 aromatic heterocycles. The van der Waals surface area contributed by atoms with Gasteiger partial charge in [-0.3, -0.25) is 4.79 Å². The van der Waals surface area contributed by atoms with Crippen LogP contribution >= 0.6 is 11.3 Å². The van der Waals surface area contributed by atoms with Crippen LogP contribution in [0.4, 0.5) is 9.39 Å². The summed E-state index contributed by atoms with van der Waals surface area (Å²) in [6, 6.07) is 7.20. The zero-order valence-electron chi connectivity index (χ0n) is 13.8. The van der Waals surface area contributed by atoms with E-state index in [0.717, 1.165) is 4.88 Å². The number of halogens is 1. The van der Waals surface area contributed by atoms with Gasteiger partial charge in [-0.05, 0) is 43.2 Å². The number of nitrogens with one attached hydrogen (secondary N) is 1. The highest BCUT2D eigenvalue weighted by Crippen LogP contribution is 2.33. The van der Waals surface area contributed by atoms with E-state index in [1.54, 1.807) is 6.92 Å². The fourth-order valence-corrected chi connectivity index (χ4v) is 3.15. The second kappa shape index (κ2) is 7.73. The van der Waals surface area contributed by atoms with Crippen molar-refractivity contribution in [2.24, 2.45) is 0 Å².